The molecule has 0 aliphatic heterocycles. The second-order valence-electron chi connectivity index (χ2n) is 4.37. The van der Waals surface area contributed by atoms with Crippen molar-refractivity contribution >= 4 is 11.9 Å². The highest BCUT2D eigenvalue weighted by atomic mass is 16.4. The third kappa shape index (κ3) is 6.40. The third-order valence-electron chi connectivity index (χ3n) is 2.50. The van der Waals surface area contributed by atoms with E-state index in [1.807, 2.05) is 6.92 Å². The number of carboxylic acid groups (broad SMARTS) is 1. The predicted octanol–water partition coefficient (Wildman–Crippen LogP) is 0.729. The number of hydrogen-bond acceptors (Lipinski definition) is 3. The first-order valence-electron chi connectivity index (χ1n) is 5.63. The maximum atomic E-state index is 11.2. The molecule has 0 radical (unpaired) electrons. The fourth-order valence-corrected chi connectivity index (χ4v) is 1.30. The van der Waals surface area contributed by atoms with E-state index in [1.165, 1.54) is 0 Å². The van der Waals surface area contributed by atoms with Crippen LogP contribution in [-0.2, 0) is 9.59 Å². The van der Waals surface area contributed by atoms with Gasteiger partial charge in [-0.05, 0) is 26.7 Å². The van der Waals surface area contributed by atoms with Gasteiger partial charge in [-0.25, -0.2) is 0 Å². The van der Waals surface area contributed by atoms with E-state index < -0.39 is 12.0 Å². The van der Waals surface area contributed by atoms with Crippen molar-refractivity contribution in [1.29, 1.82) is 0 Å². The molecule has 5 nitrogen and oxygen atoms in total. The minimum Gasteiger partial charge on any atom is -0.481 e. The van der Waals surface area contributed by atoms with E-state index >= 15 is 0 Å². The number of aliphatic carboxylic acids is 1. The van der Waals surface area contributed by atoms with Gasteiger partial charge in [0, 0.05) is 6.04 Å². The minimum atomic E-state index is -0.771. The fourth-order valence-electron chi connectivity index (χ4n) is 1.30. The van der Waals surface area contributed by atoms with Crippen molar-refractivity contribution in [3.8, 4) is 0 Å². The second-order valence-corrected chi connectivity index (χ2v) is 4.37. The molecule has 0 aromatic rings. The summed E-state index contributed by atoms with van der Waals surface area (Å²) in [7, 11) is 0. The van der Waals surface area contributed by atoms with Crippen LogP contribution in [0.15, 0.2) is 0 Å². The highest BCUT2D eigenvalue weighted by Gasteiger charge is 2.13. The Morgan fingerprint density at radius 1 is 1.25 bits per heavy atom. The van der Waals surface area contributed by atoms with Crippen molar-refractivity contribution in [2.75, 3.05) is 0 Å². The van der Waals surface area contributed by atoms with Gasteiger partial charge < -0.3 is 16.2 Å². The Kier molecular flexibility index (Phi) is 6.72. The summed E-state index contributed by atoms with van der Waals surface area (Å²) in [4.78, 5) is 21.8. The number of rotatable bonds is 7. The number of carbonyl (C=O) groups excluding carboxylic acids is 1. The zero-order chi connectivity index (χ0) is 12.7. The summed E-state index contributed by atoms with van der Waals surface area (Å²) in [5.41, 5.74) is 5.41. The number of hydrogen-bond donors (Lipinski definition) is 3. The lowest BCUT2D eigenvalue weighted by molar-refractivity contribution is -0.141. The lowest BCUT2D eigenvalue weighted by Crippen LogP contribution is -2.42. The molecule has 0 aliphatic rings. The van der Waals surface area contributed by atoms with Crippen molar-refractivity contribution in [1.82, 2.24) is 5.32 Å². The third-order valence-corrected chi connectivity index (χ3v) is 2.50. The Bertz CT molecular complexity index is 241. The zero-order valence-electron chi connectivity index (χ0n) is 10.2. The molecule has 0 saturated carbocycles. The maximum absolute atomic E-state index is 11.2. The molecule has 16 heavy (non-hydrogen) atoms. The first-order chi connectivity index (χ1) is 7.34. The Labute approximate surface area is 96.4 Å². The van der Waals surface area contributed by atoms with Gasteiger partial charge in [0.15, 0.2) is 0 Å². The van der Waals surface area contributed by atoms with Crippen molar-refractivity contribution in [3.05, 3.63) is 0 Å². The van der Waals surface area contributed by atoms with Gasteiger partial charge in [0.1, 0.15) is 0 Å². The molecule has 0 rings (SSSR count). The molecule has 0 aliphatic carbocycles. The van der Waals surface area contributed by atoms with E-state index in [1.54, 1.807) is 13.8 Å². The molecule has 2 unspecified atom stereocenters. The lowest BCUT2D eigenvalue weighted by atomic mass is 10.0. The van der Waals surface area contributed by atoms with E-state index in [9.17, 15) is 9.59 Å². The van der Waals surface area contributed by atoms with Crippen LogP contribution in [0, 0.1) is 5.92 Å². The molecule has 4 N–H and O–H groups in total. The highest BCUT2D eigenvalue weighted by Crippen LogP contribution is 2.09. The Morgan fingerprint density at radius 3 is 2.25 bits per heavy atom. The van der Waals surface area contributed by atoms with Crippen LogP contribution >= 0.6 is 0 Å². The standard InChI is InChI=1S/C11H22N2O3/c1-7(11(15)16)5-4-6-8(2)13-10(14)9(3)12/h7-9H,4-6,12H2,1-3H3,(H,13,14)(H,15,16)/t7?,8?,9-/m1/s1. The topological polar surface area (TPSA) is 92.4 Å². The Hall–Kier alpha value is -1.10. The molecule has 94 valence electrons. The quantitative estimate of drug-likeness (QED) is 0.601. The Balaban J connectivity index is 3.70. The van der Waals surface area contributed by atoms with E-state index in [0.29, 0.717) is 6.42 Å². The molecule has 0 aromatic carbocycles. The number of amides is 1. The summed E-state index contributed by atoms with van der Waals surface area (Å²) in [5, 5.41) is 11.5. The number of carboxylic acids is 1. The van der Waals surface area contributed by atoms with Crippen LogP contribution in [0.5, 0.6) is 0 Å². The second kappa shape index (κ2) is 7.22. The van der Waals surface area contributed by atoms with E-state index in [4.69, 9.17) is 10.8 Å². The molecule has 0 fully saturated rings. The number of carbonyl (C=O) groups is 2. The summed E-state index contributed by atoms with van der Waals surface area (Å²) in [6.07, 6.45) is 2.19. The van der Waals surface area contributed by atoms with Gasteiger partial charge >= 0.3 is 5.97 Å². The average Bonchev–Trinajstić information content (AvgIpc) is 2.16. The van der Waals surface area contributed by atoms with Gasteiger partial charge in [-0.1, -0.05) is 13.3 Å². The van der Waals surface area contributed by atoms with Crippen LogP contribution in [-0.4, -0.2) is 29.1 Å². The van der Waals surface area contributed by atoms with E-state index in [-0.39, 0.29) is 17.9 Å². The smallest absolute Gasteiger partial charge is 0.306 e. The van der Waals surface area contributed by atoms with Gasteiger partial charge in [0.2, 0.25) is 5.91 Å². The van der Waals surface area contributed by atoms with Crippen LogP contribution in [0.2, 0.25) is 0 Å². The molecular formula is C11H22N2O3. The van der Waals surface area contributed by atoms with Gasteiger partial charge in [-0.15, -0.1) is 0 Å². The van der Waals surface area contributed by atoms with Crippen LogP contribution < -0.4 is 11.1 Å². The first kappa shape index (κ1) is 14.9. The van der Waals surface area contributed by atoms with Crippen molar-refractivity contribution in [2.24, 2.45) is 11.7 Å². The Morgan fingerprint density at radius 2 is 1.81 bits per heavy atom. The van der Waals surface area contributed by atoms with Crippen LogP contribution in [0.1, 0.15) is 40.0 Å². The molecule has 0 heterocycles. The average molecular weight is 230 g/mol. The maximum Gasteiger partial charge on any atom is 0.306 e. The molecule has 5 heteroatoms. The summed E-state index contributed by atoms with van der Waals surface area (Å²) in [6.45, 7) is 5.22. The molecule has 0 saturated heterocycles. The normalized spacial score (nSPS) is 16.2. The van der Waals surface area contributed by atoms with Crippen molar-refractivity contribution < 1.29 is 14.7 Å². The fraction of sp³-hybridized carbons (Fsp3) is 0.818. The van der Waals surface area contributed by atoms with Crippen molar-refractivity contribution in [3.63, 3.8) is 0 Å². The number of nitrogens with one attached hydrogen (secondary N) is 1. The minimum absolute atomic E-state index is 0.0412. The van der Waals surface area contributed by atoms with Crippen LogP contribution in [0.4, 0.5) is 0 Å². The van der Waals surface area contributed by atoms with Gasteiger partial charge in [-0.2, -0.15) is 0 Å². The molecule has 0 aromatic heterocycles. The number of nitrogens with two attached hydrogens (primary N) is 1. The zero-order valence-corrected chi connectivity index (χ0v) is 10.2. The summed E-state index contributed by atoms with van der Waals surface area (Å²) in [6, 6.07) is -0.458. The monoisotopic (exact) mass is 230 g/mol. The summed E-state index contributed by atoms with van der Waals surface area (Å²) >= 11 is 0. The molecule has 0 bridgehead atoms. The summed E-state index contributed by atoms with van der Waals surface area (Å²) < 4.78 is 0. The SMILES string of the molecule is CC(CCCC(C)C(=O)O)NC(=O)[C@@H](C)N. The van der Waals surface area contributed by atoms with Crippen LogP contribution in [0.25, 0.3) is 0 Å². The van der Waals surface area contributed by atoms with Gasteiger partial charge in [0.25, 0.3) is 0 Å². The van der Waals surface area contributed by atoms with E-state index in [0.717, 1.165) is 12.8 Å². The van der Waals surface area contributed by atoms with Gasteiger partial charge in [-0.3, -0.25) is 9.59 Å². The molecule has 0 spiro atoms. The predicted molar refractivity (Wildman–Crippen MR) is 61.9 cm³/mol. The highest BCUT2D eigenvalue weighted by molar-refractivity contribution is 5.81. The molecule has 1 amide bonds. The van der Waals surface area contributed by atoms with Crippen molar-refractivity contribution in [2.45, 2.75) is 52.1 Å². The van der Waals surface area contributed by atoms with Gasteiger partial charge in [0.05, 0.1) is 12.0 Å². The summed E-state index contributed by atoms with van der Waals surface area (Å²) in [5.74, 6) is -1.26. The lowest BCUT2D eigenvalue weighted by Gasteiger charge is -2.15. The first-order valence-corrected chi connectivity index (χ1v) is 5.63. The van der Waals surface area contributed by atoms with Crippen LogP contribution in [0.3, 0.4) is 0 Å². The molecular weight excluding hydrogens is 208 g/mol. The largest absolute Gasteiger partial charge is 0.481 e. The molecule has 3 atom stereocenters. The van der Waals surface area contributed by atoms with E-state index in [2.05, 4.69) is 5.32 Å².